The van der Waals surface area contributed by atoms with Gasteiger partial charge in [0.05, 0.1) is 24.4 Å². The van der Waals surface area contributed by atoms with Gasteiger partial charge in [-0.3, -0.25) is 9.59 Å². The molecule has 0 saturated carbocycles. The Morgan fingerprint density at radius 1 is 1.24 bits per heavy atom. The van der Waals surface area contributed by atoms with E-state index in [0.29, 0.717) is 12.8 Å². The van der Waals surface area contributed by atoms with Crippen molar-refractivity contribution in [1.82, 2.24) is 5.32 Å². The third kappa shape index (κ3) is 9.65. The second-order valence-corrected chi connectivity index (χ2v) is 10.5. The van der Waals surface area contributed by atoms with Crippen molar-refractivity contribution in [1.29, 1.82) is 0 Å². The Kier molecular flexibility index (Phi) is 12.0. The molecule has 2 heterocycles. The van der Waals surface area contributed by atoms with Crippen molar-refractivity contribution in [2.24, 2.45) is 11.8 Å². The van der Waals surface area contributed by atoms with Crippen molar-refractivity contribution >= 4 is 11.9 Å². The smallest absolute Gasteiger partial charge is 0.303 e. The van der Waals surface area contributed by atoms with E-state index in [1.807, 2.05) is 32.9 Å². The van der Waals surface area contributed by atoms with E-state index in [1.54, 1.807) is 20.1 Å². The normalized spacial score (nSPS) is 36.0. The van der Waals surface area contributed by atoms with Gasteiger partial charge in [0.1, 0.15) is 12.2 Å². The lowest BCUT2D eigenvalue weighted by Gasteiger charge is -2.43. The Balaban J connectivity index is 1.90. The van der Waals surface area contributed by atoms with Crippen molar-refractivity contribution in [2.45, 2.75) is 103 Å². The Morgan fingerprint density at radius 2 is 1.95 bits per heavy atom. The summed E-state index contributed by atoms with van der Waals surface area (Å²) in [7, 11) is 1.56. The van der Waals surface area contributed by atoms with Crippen LogP contribution in [-0.4, -0.2) is 78.2 Å². The predicted octanol–water partition coefficient (Wildman–Crippen LogP) is 2.81. The van der Waals surface area contributed by atoms with Gasteiger partial charge in [-0.25, -0.2) is 0 Å². The topological polar surface area (TPSA) is 124 Å². The van der Waals surface area contributed by atoms with Crippen LogP contribution < -0.4 is 5.32 Å². The minimum atomic E-state index is -0.858. The van der Waals surface area contributed by atoms with E-state index < -0.39 is 30.1 Å². The molecule has 37 heavy (non-hydrogen) atoms. The molecule has 0 radical (unpaired) electrons. The summed E-state index contributed by atoms with van der Waals surface area (Å²) in [6, 6.07) is -0.114. The van der Waals surface area contributed by atoms with E-state index in [0.717, 1.165) is 12.0 Å². The number of nitrogens with one attached hydrogen (secondary N) is 1. The van der Waals surface area contributed by atoms with Crippen molar-refractivity contribution in [3.63, 3.8) is 0 Å². The first-order valence-electron chi connectivity index (χ1n) is 13.1. The van der Waals surface area contributed by atoms with Gasteiger partial charge in [-0.1, -0.05) is 30.7 Å². The number of aliphatic hydroxyl groups excluding tert-OH is 2. The molecule has 0 bridgehead atoms. The van der Waals surface area contributed by atoms with Crippen LogP contribution in [0, 0.1) is 11.8 Å². The van der Waals surface area contributed by atoms with Crippen LogP contribution in [0.1, 0.15) is 60.8 Å². The maximum atomic E-state index is 12.3. The van der Waals surface area contributed by atoms with E-state index >= 15 is 0 Å². The Morgan fingerprint density at radius 3 is 2.57 bits per heavy atom. The zero-order valence-electron chi connectivity index (χ0n) is 23.2. The highest BCUT2D eigenvalue weighted by atomic mass is 16.7. The van der Waals surface area contributed by atoms with Crippen LogP contribution in [0.15, 0.2) is 36.0 Å². The molecule has 0 aromatic heterocycles. The molecular formula is C28H45NO8. The zero-order valence-corrected chi connectivity index (χ0v) is 23.2. The number of carbonyl (C=O) groups excluding carboxylic acids is 2. The van der Waals surface area contributed by atoms with Gasteiger partial charge in [-0.05, 0) is 52.5 Å². The average Bonchev–Trinajstić information content (AvgIpc) is 2.83. The molecular weight excluding hydrogens is 478 g/mol. The van der Waals surface area contributed by atoms with Gasteiger partial charge in [-0.2, -0.15) is 0 Å². The van der Waals surface area contributed by atoms with Crippen LogP contribution in [0.3, 0.4) is 0 Å². The number of aliphatic hydroxyl groups is 2. The number of esters is 1. The van der Waals surface area contributed by atoms with E-state index in [1.165, 1.54) is 13.0 Å². The maximum absolute atomic E-state index is 12.3. The highest BCUT2D eigenvalue weighted by molar-refractivity contribution is 5.87. The molecule has 9 unspecified atom stereocenters. The summed E-state index contributed by atoms with van der Waals surface area (Å²) in [5.74, 6) is -1.59. The number of hydrogen-bond donors (Lipinski definition) is 3. The minimum Gasteiger partial charge on any atom is -0.459 e. The SMILES string of the molecule is COC1(C)CC(CO)C(O)C(C=CC(C)=CCC2OC(C)C(NC(=O)C=CC(C)OC(C)=O)CC2C)O1. The zero-order chi connectivity index (χ0) is 27.8. The molecule has 3 N–H and O–H groups in total. The third-order valence-electron chi connectivity index (χ3n) is 7.14. The Bertz CT molecular complexity index is 855. The molecule has 2 fully saturated rings. The van der Waals surface area contributed by atoms with Crippen LogP contribution >= 0.6 is 0 Å². The molecule has 2 rings (SSSR count). The summed E-state index contributed by atoms with van der Waals surface area (Å²) in [6.07, 6.45) is 8.67. The lowest BCUT2D eigenvalue weighted by Crippen LogP contribution is -2.51. The molecule has 9 atom stereocenters. The number of methoxy groups -OCH3 is 1. The molecule has 2 aliphatic heterocycles. The summed E-state index contributed by atoms with van der Waals surface area (Å²) in [5.41, 5.74) is 1.01. The van der Waals surface area contributed by atoms with Gasteiger partial charge in [0.15, 0.2) is 5.79 Å². The Hall–Kier alpha value is -2.04. The Labute approximate surface area is 220 Å². The van der Waals surface area contributed by atoms with Crippen LogP contribution in [0.25, 0.3) is 0 Å². The standard InChI is InChI=1S/C28H45NO8/c1-17(9-12-25-27(33)22(16-30)15-28(6,34-7)37-25)8-11-24-18(2)14-23(20(4)36-24)29-26(32)13-10-19(3)35-21(5)31/h8-10,12-13,18-20,22-25,27,30,33H,11,14-16H2,1-7H3,(H,29,32). The van der Waals surface area contributed by atoms with Crippen LogP contribution in [0.2, 0.25) is 0 Å². The van der Waals surface area contributed by atoms with Crippen LogP contribution in [-0.2, 0) is 28.5 Å². The predicted molar refractivity (Wildman–Crippen MR) is 139 cm³/mol. The largest absolute Gasteiger partial charge is 0.459 e. The molecule has 0 aliphatic carbocycles. The summed E-state index contributed by atoms with van der Waals surface area (Å²) in [5, 5.41) is 23.2. The number of carbonyl (C=O) groups is 2. The third-order valence-corrected chi connectivity index (χ3v) is 7.14. The fourth-order valence-electron chi connectivity index (χ4n) is 4.81. The maximum Gasteiger partial charge on any atom is 0.303 e. The fourth-order valence-corrected chi connectivity index (χ4v) is 4.81. The van der Waals surface area contributed by atoms with Crippen molar-refractivity contribution in [3.05, 3.63) is 36.0 Å². The molecule has 0 aromatic carbocycles. The van der Waals surface area contributed by atoms with Crippen molar-refractivity contribution in [3.8, 4) is 0 Å². The molecule has 0 spiro atoms. The average molecular weight is 524 g/mol. The lowest BCUT2D eigenvalue weighted by atomic mass is 9.87. The number of ether oxygens (including phenoxy) is 4. The van der Waals surface area contributed by atoms with E-state index in [4.69, 9.17) is 18.9 Å². The van der Waals surface area contributed by atoms with E-state index in [-0.39, 0.29) is 42.6 Å². The first kappa shape index (κ1) is 31.2. The minimum absolute atomic E-state index is 0.0121. The van der Waals surface area contributed by atoms with E-state index in [2.05, 4.69) is 18.3 Å². The van der Waals surface area contributed by atoms with Crippen LogP contribution in [0.5, 0.6) is 0 Å². The summed E-state index contributed by atoms with van der Waals surface area (Å²) >= 11 is 0. The quantitative estimate of drug-likeness (QED) is 0.227. The fraction of sp³-hybridized carbons (Fsp3) is 0.714. The van der Waals surface area contributed by atoms with Gasteiger partial charge in [0, 0.05) is 39.1 Å². The van der Waals surface area contributed by atoms with Crippen LogP contribution in [0.4, 0.5) is 0 Å². The van der Waals surface area contributed by atoms with E-state index in [9.17, 15) is 19.8 Å². The van der Waals surface area contributed by atoms with Crippen molar-refractivity contribution < 1.29 is 38.7 Å². The molecule has 210 valence electrons. The molecule has 2 saturated heterocycles. The van der Waals surface area contributed by atoms with Gasteiger partial charge < -0.3 is 34.5 Å². The second kappa shape index (κ2) is 14.2. The monoisotopic (exact) mass is 523 g/mol. The molecule has 2 aliphatic rings. The van der Waals surface area contributed by atoms with Gasteiger partial charge in [0.2, 0.25) is 5.91 Å². The summed E-state index contributed by atoms with van der Waals surface area (Å²) < 4.78 is 22.6. The molecule has 9 nitrogen and oxygen atoms in total. The second-order valence-electron chi connectivity index (χ2n) is 10.5. The van der Waals surface area contributed by atoms with Gasteiger partial charge >= 0.3 is 5.97 Å². The molecule has 0 aromatic rings. The number of hydrogen-bond acceptors (Lipinski definition) is 8. The number of rotatable bonds is 10. The molecule has 9 heteroatoms. The number of amides is 1. The van der Waals surface area contributed by atoms with Gasteiger partial charge in [-0.15, -0.1) is 0 Å². The summed E-state index contributed by atoms with van der Waals surface area (Å²) in [4.78, 5) is 23.3. The number of allylic oxidation sites excluding steroid dienone is 2. The summed E-state index contributed by atoms with van der Waals surface area (Å²) in [6.45, 7) is 10.7. The molecule has 1 amide bonds. The first-order valence-corrected chi connectivity index (χ1v) is 13.1. The van der Waals surface area contributed by atoms with Crippen molar-refractivity contribution in [2.75, 3.05) is 13.7 Å². The van der Waals surface area contributed by atoms with Gasteiger partial charge in [0.25, 0.3) is 0 Å². The lowest BCUT2D eigenvalue weighted by molar-refractivity contribution is -0.285. The highest BCUT2D eigenvalue weighted by Crippen LogP contribution is 2.34. The highest BCUT2D eigenvalue weighted by Gasteiger charge is 2.43. The first-order chi connectivity index (χ1) is 17.4.